The lowest BCUT2D eigenvalue weighted by atomic mass is 10.2. The predicted octanol–water partition coefficient (Wildman–Crippen LogP) is 3.22. The molecule has 0 spiro atoms. The molecule has 0 aliphatic heterocycles. The topological polar surface area (TPSA) is 61.7 Å². The second-order valence-electron chi connectivity index (χ2n) is 2.32. The van der Waals surface area contributed by atoms with E-state index in [1.54, 1.807) is 12.4 Å². The molecule has 0 bridgehead atoms. The van der Waals surface area contributed by atoms with Crippen molar-refractivity contribution in [2.24, 2.45) is 5.11 Å². The van der Waals surface area contributed by atoms with E-state index in [1.165, 1.54) is 0 Å². The molecule has 1 heterocycles. The average Bonchev–Trinajstić information content (AvgIpc) is 2.05. The number of rotatable bonds is 2. The van der Waals surface area contributed by atoms with Gasteiger partial charge in [0.1, 0.15) is 0 Å². The summed E-state index contributed by atoms with van der Waals surface area (Å²) in [5, 5.41) is 3.56. The number of azide groups is 1. The summed E-state index contributed by atoms with van der Waals surface area (Å²) in [6.07, 6.45) is 3.37. The van der Waals surface area contributed by atoms with Crippen LogP contribution in [0, 0.1) is 0 Å². The van der Waals surface area contributed by atoms with Gasteiger partial charge in [-0.15, -0.1) is 0 Å². The van der Waals surface area contributed by atoms with E-state index in [-0.39, 0.29) is 6.04 Å². The molecule has 0 aliphatic rings. The highest BCUT2D eigenvalue weighted by Gasteiger charge is 2.02. The summed E-state index contributed by atoms with van der Waals surface area (Å²) in [4.78, 5) is 6.68. The summed E-state index contributed by atoms with van der Waals surface area (Å²) in [6.45, 7) is 1.82. The molecule has 1 aromatic heterocycles. The highest BCUT2D eigenvalue weighted by molar-refractivity contribution is 9.10. The molecule has 0 N–H and O–H groups in total. The van der Waals surface area contributed by atoms with Crippen molar-refractivity contribution < 1.29 is 0 Å². The second-order valence-corrected chi connectivity index (χ2v) is 3.23. The van der Waals surface area contributed by atoms with Gasteiger partial charge in [-0.3, -0.25) is 4.98 Å². The van der Waals surface area contributed by atoms with Crippen molar-refractivity contribution in [1.82, 2.24) is 4.98 Å². The molecule has 12 heavy (non-hydrogen) atoms. The van der Waals surface area contributed by atoms with Gasteiger partial charge in [-0.1, -0.05) is 12.0 Å². The summed E-state index contributed by atoms with van der Waals surface area (Å²) in [5.74, 6) is 0. The van der Waals surface area contributed by atoms with Gasteiger partial charge in [-0.05, 0) is 33.1 Å². The zero-order valence-corrected chi connectivity index (χ0v) is 8.06. The SMILES string of the molecule is C[C@H](N=[N+]=[N-])c1cncc(Br)c1. The van der Waals surface area contributed by atoms with E-state index in [4.69, 9.17) is 5.53 Å². The molecule has 1 rings (SSSR count). The molecule has 62 valence electrons. The van der Waals surface area contributed by atoms with Crippen LogP contribution in [0.1, 0.15) is 18.5 Å². The number of aromatic nitrogens is 1. The molecule has 1 aromatic rings. The fourth-order valence-electron chi connectivity index (χ4n) is 0.801. The largest absolute Gasteiger partial charge is 0.263 e. The van der Waals surface area contributed by atoms with Crippen LogP contribution in [0.15, 0.2) is 28.0 Å². The van der Waals surface area contributed by atoms with E-state index in [1.807, 2.05) is 13.0 Å². The predicted molar refractivity (Wildman–Crippen MR) is 49.5 cm³/mol. The van der Waals surface area contributed by atoms with E-state index in [9.17, 15) is 0 Å². The van der Waals surface area contributed by atoms with Crippen molar-refractivity contribution in [3.63, 3.8) is 0 Å². The first kappa shape index (κ1) is 9.03. The fourth-order valence-corrected chi connectivity index (χ4v) is 1.18. The summed E-state index contributed by atoms with van der Waals surface area (Å²) < 4.78 is 0.889. The van der Waals surface area contributed by atoms with Gasteiger partial charge in [0.2, 0.25) is 0 Å². The summed E-state index contributed by atoms with van der Waals surface area (Å²) >= 11 is 3.28. The van der Waals surface area contributed by atoms with Crippen LogP contribution in [-0.4, -0.2) is 4.98 Å². The third-order valence-electron chi connectivity index (χ3n) is 1.43. The molecule has 0 fully saturated rings. The van der Waals surface area contributed by atoms with Crippen molar-refractivity contribution >= 4 is 15.9 Å². The van der Waals surface area contributed by atoms with Crippen molar-refractivity contribution in [3.8, 4) is 0 Å². The molecular formula is C7H7BrN4. The lowest BCUT2D eigenvalue weighted by Crippen LogP contribution is -1.88. The Balaban J connectivity index is 2.94. The Morgan fingerprint density at radius 2 is 2.42 bits per heavy atom. The molecule has 0 saturated carbocycles. The first-order valence-corrected chi connectivity index (χ1v) is 4.18. The average molecular weight is 227 g/mol. The maximum Gasteiger partial charge on any atom is 0.0612 e. The molecule has 0 saturated heterocycles. The molecule has 0 unspecified atom stereocenters. The molecular weight excluding hydrogens is 220 g/mol. The smallest absolute Gasteiger partial charge is 0.0612 e. The third kappa shape index (κ3) is 2.22. The quantitative estimate of drug-likeness (QED) is 0.434. The Hall–Kier alpha value is -1.06. The van der Waals surface area contributed by atoms with Gasteiger partial charge in [0, 0.05) is 21.8 Å². The lowest BCUT2D eigenvalue weighted by Gasteiger charge is -2.02. The molecule has 5 heteroatoms. The van der Waals surface area contributed by atoms with Crippen LogP contribution >= 0.6 is 15.9 Å². The minimum Gasteiger partial charge on any atom is -0.263 e. The van der Waals surface area contributed by atoms with Crippen LogP contribution in [0.4, 0.5) is 0 Å². The Kier molecular flexibility index (Phi) is 3.08. The minimum absolute atomic E-state index is 0.167. The Morgan fingerprint density at radius 3 is 3.00 bits per heavy atom. The second kappa shape index (κ2) is 4.09. The number of hydrogen-bond acceptors (Lipinski definition) is 2. The van der Waals surface area contributed by atoms with Gasteiger partial charge in [0.05, 0.1) is 6.04 Å². The minimum atomic E-state index is -0.167. The summed E-state index contributed by atoms with van der Waals surface area (Å²) in [7, 11) is 0. The lowest BCUT2D eigenvalue weighted by molar-refractivity contribution is 0.800. The highest BCUT2D eigenvalue weighted by Crippen LogP contribution is 2.18. The molecule has 0 aromatic carbocycles. The highest BCUT2D eigenvalue weighted by atomic mass is 79.9. The molecule has 0 aliphatic carbocycles. The van der Waals surface area contributed by atoms with Gasteiger partial charge in [-0.2, -0.15) is 0 Å². The summed E-state index contributed by atoms with van der Waals surface area (Å²) in [6, 6.07) is 1.71. The number of pyridine rings is 1. The molecule has 0 radical (unpaired) electrons. The first-order chi connectivity index (χ1) is 5.74. The van der Waals surface area contributed by atoms with Crippen LogP contribution < -0.4 is 0 Å². The van der Waals surface area contributed by atoms with Crippen LogP contribution in [-0.2, 0) is 0 Å². The van der Waals surface area contributed by atoms with E-state index in [2.05, 4.69) is 30.9 Å². The Morgan fingerprint density at radius 1 is 1.67 bits per heavy atom. The Labute approximate surface area is 78.4 Å². The summed E-state index contributed by atoms with van der Waals surface area (Å²) in [5.41, 5.74) is 9.10. The van der Waals surface area contributed by atoms with Crippen LogP contribution in [0.25, 0.3) is 10.4 Å². The van der Waals surface area contributed by atoms with Gasteiger partial charge in [0.25, 0.3) is 0 Å². The zero-order chi connectivity index (χ0) is 8.97. The Bertz CT molecular complexity index is 319. The van der Waals surface area contributed by atoms with Gasteiger partial charge in [-0.25, -0.2) is 0 Å². The van der Waals surface area contributed by atoms with E-state index < -0.39 is 0 Å². The van der Waals surface area contributed by atoms with E-state index >= 15 is 0 Å². The molecule has 1 atom stereocenters. The van der Waals surface area contributed by atoms with E-state index in [0.29, 0.717) is 0 Å². The number of halogens is 1. The van der Waals surface area contributed by atoms with Crippen molar-refractivity contribution in [1.29, 1.82) is 0 Å². The number of nitrogens with zero attached hydrogens (tertiary/aromatic N) is 4. The number of hydrogen-bond donors (Lipinski definition) is 0. The van der Waals surface area contributed by atoms with Crippen LogP contribution in [0.5, 0.6) is 0 Å². The normalized spacial score (nSPS) is 11.8. The monoisotopic (exact) mass is 226 g/mol. The van der Waals surface area contributed by atoms with Crippen LogP contribution in [0.3, 0.4) is 0 Å². The van der Waals surface area contributed by atoms with Crippen LogP contribution in [0.2, 0.25) is 0 Å². The maximum atomic E-state index is 8.19. The van der Waals surface area contributed by atoms with Crippen molar-refractivity contribution in [2.45, 2.75) is 13.0 Å². The van der Waals surface area contributed by atoms with Gasteiger partial charge >= 0.3 is 0 Å². The first-order valence-electron chi connectivity index (χ1n) is 3.38. The fraction of sp³-hybridized carbons (Fsp3) is 0.286. The van der Waals surface area contributed by atoms with Gasteiger partial charge < -0.3 is 0 Å². The zero-order valence-electron chi connectivity index (χ0n) is 6.48. The third-order valence-corrected chi connectivity index (χ3v) is 1.87. The molecule has 0 amide bonds. The van der Waals surface area contributed by atoms with Crippen molar-refractivity contribution in [3.05, 3.63) is 38.9 Å². The van der Waals surface area contributed by atoms with Gasteiger partial charge in [0.15, 0.2) is 0 Å². The maximum absolute atomic E-state index is 8.19. The van der Waals surface area contributed by atoms with E-state index in [0.717, 1.165) is 10.0 Å². The molecule has 4 nitrogen and oxygen atoms in total. The standard InChI is InChI=1S/C7H7BrN4/c1-5(11-12-9)6-2-7(8)4-10-3-6/h2-5H,1H3/t5-/m0/s1. The van der Waals surface area contributed by atoms with Crippen molar-refractivity contribution in [2.75, 3.05) is 0 Å².